The minimum atomic E-state index is -3.84. The molecule has 4 rings (SSSR count). The summed E-state index contributed by atoms with van der Waals surface area (Å²) in [5.41, 5.74) is 3.43. The van der Waals surface area contributed by atoms with Crippen LogP contribution in [0.5, 0.6) is 0 Å². The van der Waals surface area contributed by atoms with Crippen LogP contribution in [0.1, 0.15) is 28.4 Å². The molecular formula is C25H24N2O4S. The Bertz CT molecular complexity index is 1290. The van der Waals surface area contributed by atoms with Crippen LogP contribution < -0.4 is 10.2 Å². The van der Waals surface area contributed by atoms with Crippen LogP contribution in [0.2, 0.25) is 0 Å². The van der Waals surface area contributed by atoms with Gasteiger partial charge in [0, 0.05) is 12.1 Å². The van der Waals surface area contributed by atoms with Crippen molar-refractivity contribution in [2.24, 2.45) is 0 Å². The van der Waals surface area contributed by atoms with E-state index in [1.165, 1.54) is 11.0 Å². The molecule has 164 valence electrons. The maximum absolute atomic E-state index is 13.5. The number of sulfone groups is 1. The van der Waals surface area contributed by atoms with E-state index in [2.05, 4.69) is 5.32 Å². The number of benzene rings is 3. The topological polar surface area (TPSA) is 83.6 Å². The van der Waals surface area contributed by atoms with E-state index in [1.54, 1.807) is 54.6 Å². The van der Waals surface area contributed by atoms with Crippen molar-refractivity contribution in [1.82, 2.24) is 0 Å². The molecule has 3 aromatic carbocycles. The van der Waals surface area contributed by atoms with Crippen molar-refractivity contribution in [3.63, 3.8) is 0 Å². The van der Waals surface area contributed by atoms with Crippen LogP contribution in [0.3, 0.4) is 0 Å². The van der Waals surface area contributed by atoms with Crippen molar-refractivity contribution >= 4 is 33.0 Å². The van der Waals surface area contributed by atoms with Crippen molar-refractivity contribution in [2.75, 3.05) is 16.8 Å². The van der Waals surface area contributed by atoms with E-state index in [9.17, 15) is 18.0 Å². The minimum Gasteiger partial charge on any atom is -0.324 e. The highest BCUT2D eigenvalue weighted by Gasteiger charge is 2.39. The van der Waals surface area contributed by atoms with E-state index in [0.717, 1.165) is 11.1 Å². The van der Waals surface area contributed by atoms with Gasteiger partial charge in [0.25, 0.3) is 0 Å². The summed E-state index contributed by atoms with van der Waals surface area (Å²) in [5, 5.41) is 1.84. The lowest BCUT2D eigenvalue weighted by atomic mass is 10.1. The Hall–Kier alpha value is -3.45. The van der Waals surface area contributed by atoms with Gasteiger partial charge in [0.05, 0.1) is 15.8 Å². The number of hydrogen-bond acceptors (Lipinski definition) is 4. The molecule has 0 aromatic heterocycles. The molecule has 0 spiro atoms. The third kappa shape index (κ3) is 4.03. The normalized spacial score (nSPS) is 17.4. The molecule has 0 fully saturated rings. The van der Waals surface area contributed by atoms with Crippen molar-refractivity contribution in [3.8, 4) is 0 Å². The molecule has 1 N–H and O–H groups in total. The number of carbonyl (C=O) groups excluding carboxylic acids is 2. The highest BCUT2D eigenvalue weighted by Crippen LogP contribution is 2.40. The molecule has 1 aliphatic rings. The smallest absolute Gasteiger partial charge is 0.244 e. The SMILES string of the molecule is Cc1cccc(NC(=O)CN2C(=O)C[C@@H](c3ccccc3)S(=O)(=O)c3ccccc32)c1C. The van der Waals surface area contributed by atoms with E-state index in [4.69, 9.17) is 0 Å². The van der Waals surface area contributed by atoms with Gasteiger partial charge in [-0.25, -0.2) is 8.42 Å². The van der Waals surface area contributed by atoms with E-state index in [1.807, 2.05) is 26.0 Å². The van der Waals surface area contributed by atoms with Crippen LogP contribution in [0.25, 0.3) is 0 Å². The summed E-state index contributed by atoms with van der Waals surface area (Å²) in [6.45, 7) is 3.59. The number of rotatable bonds is 4. The van der Waals surface area contributed by atoms with Crippen LogP contribution in [0.15, 0.2) is 77.7 Å². The molecule has 0 aliphatic carbocycles. The Morgan fingerprint density at radius 2 is 1.66 bits per heavy atom. The zero-order valence-electron chi connectivity index (χ0n) is 17.9. The molecule has 0 unspecified atom stereocenters. The summed E-state index contributed by atoms with van der Waals surface area (Å²) in [5.74, 6) is -0.805. The third-order valence-electron chi connectivity index (χ3n) is 5.85. The summed E-state index contributed by atoms with van der Waals surface area (Å²) in [6.07, 6.45) is -0.238. The largest absolute Gasteiger partial charge is 0.324 e. The third-order valence-corrected chi connectivity index (χ3v) is 8.00. The molecule has 0 bridgehead atoms. The molecule has 6 nitrogen and oxygen atoms in total. The van der Waals surface area contributed by atoms with Crippen LogP contribution in [0.4, 0.5) is 11.4 Å². The lowest BCUT2D eigenvalue weighted by Gasteiger charge is -2.22. The fourth-order valence-electron chi connectivity index (χ4n) is 3.94. The van der Waals surface area contributed by atoms with Gasteiger partial charge < -0.3 is 10.2 Å². The second-order valence-electron chi connectivity index (χ2n) is 7.89. The molecule has 2 amide bonds. The first kappa shape index (κ1) is 21.8. The summed E-state index contributed by atoms with van der Waals surface area (Å²) in [6, 6.07) is 20.7. The van der Waals surface area contributed by atoms with Crippen LogP contribution in [-0.4, -0.2) is 26.8 Å². The Kier molecular flexibility index (Phi) is 5.84. The molecule has 7 heteroatoms. The lowest BCUT2D eigenvalue weighted by Crippen LogP contribution is -2.38. The van der Waals surface area contributed by atoms with Gasteiger partial charge in [-0.15, -0.1) is 0 Å². The van der Waals surface area contributed by atoms with E-state index in [0.29, 0.717) is 11.3 Å². The summed E-state index contributed by atoms with van der Waals surface area (Å²) >= 11 is 0. The van der Waals surface area contributed by atoms with E-state index in [-0.39, 0.29) is 23.5 Å². The minimum absolute atomic E-state index is 0.0549. The highest BCUT2D eigenvalue weighted by molar-refractivity contribution is 7.92. The Labute approximate surface area is 187 Å². The maximum Gasteiger partial charge on any atom is 0.244 e. The number of carbonyl (C=O) groups is 2. The van der Waals surface area contributed by atoms with Crippen LogP contribution >= 0.6 is 0 Å². The van der Waals surface area contributed by atoms with Gasteiger partial charge in [-0.2, -0.15) is 0 Å². The quantitative estimate of drug-likeness (QED) is 0.649. The van der Waals surface area contributed by atoms with Gasteiger partial charge >= 0.3 is 0 Å². The lowest BCUT2D eigenvalue weighted by molar-refractivity contribution is -0.121. The zero-order valence-corrected chi connectivity index (χ0v) is 18.7. The number of nitrogens with zero attached hydrogens (tertiary/aromatic N) is 1. The van der Waals surface area contributed by atoms with Gasteiger partial charge in [0.1, 0.15) is 6.54 Å². The number of para-hydroxylation sites is 1. The van der Waals surface area contributed by atoms with Crippen LogP contribution in [-0.2, 0) is 19.4 Å². The standard InChI is InChI=1S/C25H24N2O4S/c1-17-9-8-12-20(18(17)2)26-24(28)16-27-21-13-6-7-14-22(21)32(30,31)23(15-25(27)29)19-10-4-3-5-11-19/h3-14,23H,15-16H2,1-2H3,(H,26,28)/t23-/m0/s1. The van der Waals surface area contributed by atoms with Gasteiger partial charge in [-0.05, 0) is 48.7 Å². The molecule has 0 saturated carbocycles. The first-order valence-electron chi connectivity index (χ1n) is 10.3. The number of amides is 2. The summed E-state index contributed by atoms with van der Waals surface area (Å²) in [4.78, 5) is 27.4. The summed E-state index contributed by atoms with van der Waals surface area (Å²) < 4.78 is 27.0. The molecular weight excluding hydrogens is 424 g/mol. The highest BCUT2D eigenvalue weighted by atomic mass is 32.2. The zero-order chi connectivity index (χ0) is 22.9. The number of anilines is 2. The van der Waals surface area contributed by atoms with Crippen molar-refractivity contribution in [1.29, 1.82) is 0 Å². The van der Waals surface area contributed by atoms with Gasteiger partial charge in [-0.3, -0.25) is 9.59 Å². The first-order chi connectivity index (χ1) is 15.3. The monoisotopic (exact) mass is 448 g/mol. The van der Waals surface area contributed by atoms with Crippen LogP contribution in [0, 0.1) is 13.8 Å². The van der Waals surface area contributed by atoms with E-state index >= 15 is 0 Å². The molecule has 1 heterocycles. The van der Waals surface area contributed by atoms with E-state index < -0.39 is 26.9 Å². The number of aryl methyl sites for hydroxylation is 1. The van der Waals surface area contributed by atoms with Gasteiger partial charge in [0.2, 0.25) is 11.8 Å². The fourth-order valence-corrected chi connectivity index (χ4v) is 5.87. The Balaban J connectivity index is 1.70. The Morgan fingerprint density at radius 3 is 2.41 bits per heavy atom. The average molecular weight is 449 g/mol. The first-order valence-corrected chi connectivity index (χ1v) is 11.9. The Morgan fingerprint density at radius 1 is 0.969 bits per heavy atom. The molecule has 0 radical (unpaired) electrons. The molecule has 3 aromatic rings. The molecule has 0 saturated heterocycles. The molecule has 1 atom stereocenters. The maximum atomic E-state index is 13.5. The number of nitrogens with one attached hydrogen (secondary N) is 1. The van der Waals surface area contributed by atoms with Gasteiger partial charge in [0.15, 0.2) is 9.84 Å². The average Bonchev–Trinajstić information content (AvgIpc) is 2.86. The second-order valence-corrected chi connectivity index (χ2v) is 9.99. The second kappa shape index (κ2) is 8.59. The van der Waals surface area contributed by atoms with Crippen molar-refractivity contribution in [3.05, 3.63) is 89.5 Å². The van der Waals surface area contributed by atoms with Gasteiger partial charge in [-0.1, -0.05) is 54.6 Å². The predicted octanol–water partition coefficient (Wildman–Crippen LogP) is 4.19. The number of fused-ring (bicyclic) bond motifs is 1. The molecule has 32 heavy (non-hydrogen) atoms. The summed E-state index contributed by atoms with van der Waals surface area (Å²) in [7, 11) is -3.84. The van der Waals surface area contributed by atoms with Crippen molar-refractivity contribution in [2.45, 2.75) is 30.4 Å². The van der Waals surface area contributed by atoms with Crippen molar-refractivity contribution < 1.29 is 18.0 Å². The fraction of sp³-hybridized carbons (Fsp3) is 0.200. The number of hydrogen-bond donors (Lipinski definition) is 1. The predicted molar refractivity (Wildman–Crippen MR) is 124 cm³/mol. The molecule has 1 aliphatic heterocycles.